The lowest BCUT2D eigenvalue weighted by Gasteiger charge is -2.17. The minimum Gasteiger partial charge on any atom is -0.493 e. The standard InChI is InChI=1S/C24H25N3O3S/c1-16-19-13-22(31-24(19)27(25-16)15-17-8-6-5-7-9-17)23(28)26(2)14-18-10-11-20(29-3)21(12-18)30-4/h5-13H,14-15H2,1-4H3. The van der Waals surface area contributed by atoms with Crippen LogP contribution in [0.5, 0.6) is 11.5 Å². The summed E-state index contributed by atoms with van der Waals surface area (Å²) in [6.07, 6.45) is 0. The maximum Gasteiger partial charge on any atom is 0.264 e. The van der Waals surface area contributed by atoms with Crippen LogP contribution < -0.4 is 9.47 Å². The van der Waals surface area contributed by atoms with Crippen LogP contribution in [0.15, 0.2) is 54.6 Å². The molecule has 0 saturated carbocycles. The molecule has 2 aromatic heterocycles. The normalized spacial score (nSPS) is 11.0. The minimum atomic E-state index is -0.0124. The Morgan fingerprint density at radius 3 is 2.48 bits per heavy atom. The van der Waals surface area contributed by atoms with Crippen LogP contribution in [0.4, 0.5) is 0 Å². The summed E-state index contributed by atoms with van der Waals surface area (Å²) in [4.78, 5) is 16.6. The van der Waals surface area contributed by atoms with Gasteiger partial charge in [-0.1, -0.05) is 36.4 Å². The molecule has 0 saturated heterocycles. The average molecular weight is 436 g/mol. The largest absolute Gasteiger partial charge is 0.493 e. The summed E-state index contributed by atoms with van der Waals surface area (Å²) in [6, 6.07) is 17.9. The number of carbonyl (C=O) groups excluding carboxylic acids is 1. The molecule has 1 amide bonds. The highest BCUT2D eigenvalue weighted by molar-refractivity contribution is 7.20. The molecular formula is C24H25N3O3S. The molecule has 0 aliphatic heterocycles. The lowest BCUT2D eigenvalue weighted by atomic mass is 10.2. The van der Waals surface area contributed by atoms with E-state index < -0.39 is 0 Å². The van der Waals surface area contributed by atoms with E-state index in [1.807, 2.05) is 61.1 Å². The van der Waals surface area contributed by atoms with E-state index in [4.69, 9.17) is 9.47 Å². The number of ether oxygens (including phenoxy) is 2. The number of thiophene rings is 1. The molecule has 0 bridgehead atoms. The van der Waals surface area contributed by atoms with E-state index in [2.05, 4.69) is 17.2 Å². The predicted octanol–water partition coefficient (Wildman–Crippen LogP) is 4.74. The number of aromatic nitrogens is 2. The fraction of sp³-hybridized carbons (Fsp3) is 0.250. The number of hydrogen-bond acceptors (Lipinski definition) is 5. The number of rotatable bonds is 7. The van der Waals surface area contributed by atoms with Crippen LogP contribution in [0.3, 0.4) is 0 Å². The maximum atomic E-state index is 13.1. The van der Waals surface area contributed by atoms with Crippen molar-refractivity contribution in [2.75, 3.05) is 21.3 Å². The van der Waals surface area contributed by atoms with Gasteiger partial charge >= 0.3 is 0 Å². The molecule has 6 nitrogen and oxygen atoms in total. The van der Waals surface area contributed by atoms with Gasteiger partial charge in [0.1, 0.15) is 4.83 Å². The second-order valence-corrected chi connectivity index (χ2v) is 8.44. The highest BCUT2D eigenvalue weighted by atomic mass is 32.1. The number of fused-ring (bicyclic) bond motifs is 1. The zero-order valence-corrected chi connectivity index (χ0v) is 18.9. The quantitative estimate of drug-likeness (QED) is 0.421. The van der Waals surface area contributed by atoms with Crippen molar-refractivity contribution in [2.24, 2.45) is 0 Å². The van der Waals surface area contributed by atoms with Crippen LogP contribution in [0.25, 0.3) is 10.2 Å². The van der Waals surface area contributed by atoms with Gasteiger partial charge in [0.15, 0.2) is 11.5 Å². The van der Waals surface area contributed by atoms with Crippen molar-refractivity contribution in [1.29, 1.82) is 0 Å². The van der Waals surface area contributed by atoms with E-state index in [0.717, 1.165) is 21.5 Å². The molecule has 31 heavy (non-hydrogen) atoms. The lowest BCUT2D eigenvalue weighted by molar-refractivity contribution is 0.0790. The van der Waals surface area contributed by atoms with Gasteiger partial charge in [0.25, 0.3) is 5.91 Å². The highest BCUT2D eigenvalue weighted by Gasteiger charge is 2.20. The molecule has 2 aromatic carbocycles. The Morgan fingerprint density at radius 2 is 1.77 bits per heavy atom. The second-order valence-electron chi connectivity index (χ2n) is 7.41. The van der Waals surface area contributed by atoms with Gasteiger partial charge in [-0.15, -0.1) is 11.3 Å². The Bertz CT molecular complexity index is 1210. The van der Waals surface area contributed by atoms with E-state index in [-0.39, 0.29) is 5.91 Å². The number of hydrogen-bond donors (Lipinski definition) is 0. The van der Waals surface area contributed by atoms with Crippen LogP contribution in [0, 0.1) is 6.92 Å². The highest BCUT2D eigenvalue weighted by Crippen LogP contribution is 2.31. The van der Waals surface area contributed by atoms with E-state index in [1.54, 1.807) is 19.1 Å². The van der Waals surface area contributed by atoms with Gasteiger partial charge in [-0.2, -0.15) is 5.10 Å². The van der Waals surface area contributed by atoms with Gasteiger partial charge < -0.3 is 14.4 Å². The monoisotopic (exact) mass is 435 g/mol. The predicted molar refractivity (Wildman–Crippen MR) is 123 cm³/mol. The molecule has 160 valence electrons. The van der Waals surface area contributed by atoms with Gasteiger partial charge in [0, 0.05) is 19.0 Å². The first-order valence-electron chi connectivity index (χ1n) is 9.97. The van der Waals surface area contributed by atoms with Gasteiger partial charge in [0.05, 0.1) is 31.3 Å². The van der Waals surface area contributed by atoms with Gasteiger partial charge in [0.2, 0.25) is 0 Å². The summed E-state index contributed by atoms with van der Waals surface area (Å²) >= 11 is 1.49. The van der Waals surface area contributed by atoms with Crippen molar-refractivity contribution in [3.8, 4) is 11.5 Å². The first-order valence-corrected chi connectivity index (χ1v) is 10.8. The number of carbonyl (C=O) groups is 1. The van der Waals surface area contributed by atoms with E-state index >= 15 is 0 Å². The van der Waals surface area contributed by atoms with E-state index in [1.165, 1.54) is 16.9 Å². The first kappa shape index (κ1) is 20.9. The molecule has 0 radical (unpaired) electrons. The zero-order chi connectivity index (χ0) is 22.0. The van der Waals surface area contributed by atoms with E-state index in [0.29, 0.717) is 29.5 Å². The van der Waals surface area contributed by atoms with Crippen LogP contribution in [-0.4, -0.2) is 41.9 Å². The summed E-state index contributed by atoms with van der Waals surface area (Å²) in [5, 5.41) is 5.70. The average Bonchev–Trinajstić information content (AvgIpc) is 3.35. The fourth-order valence-corrected chi connectivity index (χ4v) is 4.75. The van der Waals surface area contributed by atoms with Crippen molar-refractivity contribution >= 4 is 27.5 Å². The number of nitrogens with zero attached hydrogens (tertiary/aromatic N) is 3. The molecule has 0 N–H and O–H groups in total. The Hall–Kier alpha value is -3.32. The molecule has 4 aromatic rings. The Balaban J connectivity index is 1.55. The summed E-state index contributed by atoms with van der Waals surface area (Å²) in [5.74, 6) is 1.31. The molecule has 7 heteroatoms. The third-order valence-electron chi connectivity index (χ3n) is 5.21. The molecule has 0 aliphatic carbocycles. The maximum absolute atomic E-state index is 13.1. The van der Waals surface area contributed by atoms with Gasteiger partial charge in [-0.25, -0.2) is 0 Å². The van der Waals surface area contributed by atoms with Crippen LogP contribution in [0.1, 0.15) is 26.5 Å². The molecule has 0 spiro atoms. The third kappa shape index (κ3) is 4.27. The van der Waals surface area contributed by atoms with Crippen molar-refractivity contribution in [2.45, 2.75) is 20.0 Å². The molecule has 4 rings (SSSR count). The first-order chi connectivity index (χ1) is 15.0. The molecule has 2 heterocycles. The zero-order valence-electron chi connectivity index (χ0n) is 18.1. The van der Waals surface area contributed by atoms with Crippen molar-refractivity contribution in [3.63, 3.8) is 0 Å². The van der Waals surface area contributed by atoms with Crippen molar-refractivity contribution in [3.05, 3.63) is 76.3 Å². The summed E-state index contributed by atoms with van der Waals surface area (Å²) < 4.78 is 12.6. The minimum absolute atomic E-state index is 0.0124. The van der Waals surface area contributed by atoms with Crippen LogP contribution >= 0.6 is 11.3 Å². The molecule has 0 unspecified atom stereocenters. The van der Waals surface area contributed by atoms with Gasteiger partial charge in [-0.3, -0.25) is 9.48 Å². The molecule has 0 fully saturated rings. The lowest BCUT2D eigenvalue weighted by Crippen LogP contribution is -2.25. The smallest absolute Gasteiger partial charge is 0.264 e. The second kappa shape index (κ2) is 8.81. The van der Waals surface area contributed by atoms with Crippen LogP contribution in [-0.2, 0) is 13.1 Å². The summed E-state index contributed by atoms with van der Waals surface area (Å²) in [6.45, 7) is 3.14. The SMILES string of the molecule is COc1ccc(CN(C)C(=O)c2cc3c(C)nn(Cc4ccccc4)c3s2)cc1OC. The van der Waals surface area contributed by atoms with E-state index in [9.17, 15) is 4.79 Å². The molecule has 0 aliphatic rings. The molecular weight excluding hydrogens is 410 g/mol. The topological polar surface area (TPSA) is 56.6 Å². The summed E-state index contributed by atoms with van der Waals surface area (Å²) in [5.41, 5.74) is 3.09. The Morgan fingerprint density at radius 1 is 1.03 bits per heavy atom. The Labute approximate surface area is 185 Å². The van der Waals surface area contributed by atoms with Crippen molar-refractivity contribution < 1.29 is 14.3 Å². The fourth-order valence-electron chi connectivity index (χ4n) is 3.59. The van der Waals surface area contributed by atoms with Crippen LogP contribution in [0.2, 0.25) is 0 Å². The van der Waals surface area contributed by atoms with Crippen molar-refractivity contribution in [1.82, 2.24) is 14.7 Å². The third-order valence-corrected chi connectivity index (χ3v) is 6.34. The number of aryl methyl sites for hydroxylation is 1. The number of methoxy groups -OCH3 is 2. The number of amides is 1. The number of benzene rings is 2. The summed E-state index contributed by atoms with van der Waals surface area (Å²) in [7, 11) is 5.02. The van der Waals surface area contributed by atoms with Gasteiger partial charge in [-0.05, 0) is 36.2 Å². The molecule has 0 atom stereocenters. The Kier molecular flexibility index (Phi) is 5.95.